The molecule has 0 unspecified atom stereocenters. The first kappa shape index (κ1) is 18.2. The van der Waals surface area contributed by atoms with Crippen molar-refractivity contribution in [3.63, 3.8) is 0 Å². The predicted octanol–water partition coefficient (Wildman–Crippen LogP) is 4.91. The molecule has 0 aliphatic carbocycles. The van der Waals surface area contributed by atoms with Crippen LogP contribution in [-0.2, 0) is 11.0 Å². The number of hydrogen-bond acceptors (Lipinski definition) is 3. The Morgan fingerprint density at radius 2 is 2.09 bits per heavy atom. The van der Waals surface area contributed by atoms with Crippen molar-refractivity contribution in [3.05, 3.63) is 29.0 Å². The van der Waals surface area contributed by atoms with E-state index in [4.69, 9.17) is 16.0 Å². The molecule has 0 fully saturated rings. The standard InChI is InChI=1S/C17H25ClN2O2Si/c1-17(2,3)23(4,5)22-10-6-8-20-9-7-14-16(20)13(12-21)11-15(18)19-14/h7,9,11-12H,6,8,10H2,1-5H3. The Morgan fingerprint density at radius 3 is 2.70 bits per heavy atom. The summed E-state index contributed by atoms with van der Waals surface area (Å²) in [5, 5.41) is 0.567. The van der Waals surface area contributed by atoms with Crippen LogP contribution in [0.2, 0.25) is 23.3 Å². The zero-order chi connectivity index (χ0) is 17.3. The smallest absolute Gasteiger partial charge is 0.191 e. The molecule has 2 aromatic heterocycles. The van der Waals surface area contributed by atoms with E-state index in [-0.39, 0.29) is 5.04 Å². The van der Waals surface area contributed by atoms with Crippen LogP contribution in [0.15, 0.2) is 18.3 Å². The van der Waals surface area contributed by atoms with Crippen LogP contribution in [0.25, 0.3) is 11.0 Å². The Hall–Kier alpha value is -1.17. The van der Waals surface area contributed by atoms with Gasteiger partial charge in [-0.3, -0.25) is 4.79 Å². The summed E-state index contributed by atoms with van der Waals surface area (Å²) in [5.41, 5.74) is 2.18. The van der Waals surface area contributed by atoms with Crippen molar-refractivity contribution in [1.82, 2.24) is 9.55 Å². The Kier molecular flexibility index (Phi) is 5.33. The number of carbonyl (C=O) groups excluding carboxylic acids is 1. The van der Waals surface area contributed by atoms with Crippen LogP contribution in [0.5, 0.6) is 0 Å². The van der Waals surface area contributed by atoms with Gasteiger partial charge in [-0.25, -0.2) is 4.98 Å². The maximum Gasteiger partial charge on any atom is 0.191 e. The van der Waals surface area contributed by atoms with Gasteiger partial charge in [-0.1, -0.05) is 32.4 Å². The predicted molar refractivity (Wildman–Crippen MR) is 97.9 cm³/mol. The SMILES string of the molecule is CC(C)(C)[Si](C)(C)OCCCn1ccc2nc(Cl)cc(C=O)c21. The summed E-state index contributed by atoms with van der Waals surface area (Å²) < 4.78 is 8.25. The monoisotopic (exact) mass is 352 g/mol. The molecular weight excluding hydrogens is 328 g/mol. The number of aryl methyl sites for hydroxylation is 1. The van der Waals surface area contributed by atoms with Gasteiger partial charge in [0.2, 0.25) is 0 Å². The van der Waals surface area contributed by atoms with E-state index < -0.39 is 8.32 Å². The van der Waals surface area contributed by atoms with Gasteiger partial charge in [0.05, 0.1) is 11.0 Å². The molecule has 23 heavy (non-hydrogen) atoms. The fourth-order valence-corrected chi connectivity index (χ4v) is 3.56. The minimum absolute atomic E-state index is 0.221. The third-order valence-electron chi connectivity index (χ3n) is 4.66. The molecule has 4 nitrogen and oxygen atoms in total. The molecule has 126 valence electrons. The van der Waals surface area contributed by atoms with Gasteiger partial charge in [0.1, 0.15) is 5.15 Å². The minimum atomic E-state index is -1.70. The molecule has 0 aromatic carbocycles. The molecule has 0 atom stereocenters. The summed E-state index contributed by atoms with van der Waals surface area (Å²) in [6, 6.07) is 3.50. The number of halogens is 1. The van der Waals surface area contributed by atoms with E-state index >= 15 is 0 Å². The molecule has 2 heterocycles. The number of aromatic nitrogens is 2. The molecule has 0 aliphatic rings. The van der Waals surface area contributed by atoms with E-state index in [9.17, 15) is 4.79 Å². The Labute approximate surface area is 143 Å². The van der Waals surface area contributed by atoms with Crippen molar-refractivity contribution < 1.29 is 9.22 Å². The summed E-state index contributed by atoms with van der Waals surface area (Å²) in [5.74, 6) is 0. The van der Waals surface area contributed by atoms with Crippen molar-refractivity contribution in [2.45, 2.75) is 51.9 Å². The van der Waals surface area contributed by atoms with Gasteiger partial charge in [-0.15, -0.1) is 0 Å². The number of fused-ring (bicyclic) bond motifs is 1. The van der Waals surface area contributed by atoms with Crippen molar-refractivity contribution in [3.8, 4) is 0 Å². The van der Waals surface area contributed by atoms with Gasteiger partial charge in [-0.05, 0) is 36.7 Å². The third-order valence-corrected chi connectivity index (χ3v) is 9.39. The number of nitrogens with zero attached hydrogens (tertiary/aromatic N) is 2. The number of carbonyl (C=O) groups is 1. The first-order valence-corrected chi connectivity index (χ1v) is 11.2. The largest absolute Gasteiger partial charge is 0.417 e. The molecular formula is C17H25ClN2O2Si. The highest BCUT2D eigenvalue weighted by Crippen LogP contribution is 2.36. The lowest BCUT2D eigenvalue weighted by Crippen LogP contribution is -2.41. The van der Waals surface area contributed by atoms with Gasteiger partial charge in [0.25, 0.3) is 0 Å². The molecule has 0 saturated heterocycles. The van der Waals surface area contributed by atoms with E-state index in [1.54, 1.807) is 6.07 Å². The summed E-state index contributed by atoms with van der Waals surface area (Å²) in [6.07, 6.45) is 3.68. The second kappa shape index (κ2) is 6.75. The molecule has 2 aromatic rings. The van der Waals surface area contributed by atoms with Gasteiger partial charge in [0.15, 0.2) is 14.6 Å². The van der Waals surface area contributed by atoms with E-state index in [2.05, 4.69) is 43.4 Å². The van der Waals surface area contributed by atoms with Crippen LogP contribution in [0.4, 0.5) is 0 Å². The minimum Gasteiger partial charge on any atom is -0.417 e. The van der Waals surface area contributed by atoms with Crippen LogP contribution in [0, 0.1) is 0 Å². The fraction of sp³-hybridized carbons (Fsp3) is 0.529. The van der Waals surface area contributed by atoms with Crippen LogP contribution >= 0.6 is 11.6 Å². The Morgan fingerprint density at radius 1 is 1.39 bits per heavy atom. The van der Waals surface area contributed by atoms with Crippen molar-refractivity contribution >= 4 is 37.2 Å². The normalized spacial score (nSPS) is 12.8. The molecule has 0 radical (unpaired) electrons. The van der Waals surface area contributed by atoms with E-state index in [0.29, 0.717) is 10.7 Å². The second-order valence-electron chi connectivity index (χ2n) is 7.36. The van der Waals surface area contributed by atoms with Crippen molar-refractivity contribution in [2.75, 3.05) is 6.61 Å². The van der Waals surface area contributed by atoms with E-state index in [0.717, 1.165) is 36.9 Å². The van der Waals surface area contributed by atoms with Crippen LogP contribution in [-0.4, -0.2) is 30.8 Å². The molecule has 0 N–H and O–H groups in total. The lowest BCUT2D eigenvalue weighted by Gasteiger charge is -2.36. The van der Waals surface area contributed by atoms with Crippen LogP contribution in [0.1, 0.15) is 37.6 Å². The molecule has 0 saturated carbocycles. The highest BCUT2D eigenvalue weighted by molar-refractivity contribution is 6.74. The lowest BCUT2D eigenvalue weighted by atomic mass is 10.2. The van der Waals surface area contributed by atoms with Gasteiger partial charge in [-0.2, -0.15) is 0 Å². The van der Waals surface area contributed by atoms with E-state index in [1.807, 2.05) is 12.3 Å². The van der Waals surface area contributed by atoms with Gasteiger partial charge >= 0.3 is 0 Å². The number of rotatable bonds is 6. The quantitative estimate of drug-likeness (QED) is 0.321. The highest BCUT2D eigenvalue weighted by Gasteiger charge is 2.36. The zero-order valence-electron chi connectivity index (χ0n) is 14.5. The molecule has 0 spiro atoms. The second-order valence-corrected chi connectivity index (χ2v) is 12.6. The zero-order valence-corrected chi connectivity index (χ0v) is 16.3. The first-order valence-electron chi connectivity index (χ1n) is 7.90. The summed E-state index contributed by atoms with van der Waals surface area (Å²) in [4.78, 5) is 15.5. The highest BCUT2D eigenvalue weighted by atomic mass is 35.5. The fourth-order valence-electron chi connectivity index (χ4n) is 2.26. The van der Waals surface area contributed by atoms with Crippen LogP contribution in [0.3, 0.4) is 0 Å². The molecule has 0 amide bonds. The summed E-state index contributed by atoms with van der Waals surface area (Å²) in [7, 11) is -1.70. The number of hydrogen-bond donors (Lipinski definition) is 0. The molecule has 2 rings (SSSR count). The lowest BCUT2D eigenvalue weighted by molar-refractivity contribution is 0.112. The van der Waals surface area contributed by atoms with Gasteiger partial charge < -0.3 is 8.99 Å². The molecule has 0 aliphatic heterocycles. The first-order chi connectivity index (χ1) is 10.7. The molecule has 0 bridgehead atoms. The topological polar surface area (TPSA) is 44.1 Å². The van der Waals surface area contributed by atoms with Crippen molar-refractivity contribution in [1.29, 1.82) is 0 Å². The van der Waals surface area contributed by atoms with Crippen molar-refractivity contribution in [2.24, 2.45) is 0 Å². The Bertz CT molecular complexity index is 704. The summed E-state index contributed by atoms with van der Waals surface area (Å²) >= 11 is 5.94. The number of pyridine rings is 1. The average Bonchev–Trinajstić information content (AvgIpc) is 2.84. The van der Waals surface area contributed by atoms with Gasteiger partial charge in [0, 0.05) is 24.9 Å². The maximum atomic E-state index is 11.3. The maximum absolute atomic E-state index is 11.3. The molecule has 6 heteroatoms. The summed E-state index contributed by atoms with van der Waals surface area (Å²) in [6.45, 7) is 12.8. The number of aldehydes is 1. The third kappa shape index (κ3) is 4.02. The average molecular weight is 353 g/mol. The Balaban J connectivity index is 2.05. The van der Waals surface area contributed by atoms with Crippen LogP contribution < -0.4 is 0 Å². The van der Waals surface area contributed by atoms with E-state index in [1.165, 1.54) is 0 Å².